The molecule has 0 radical (unpaired) electrons. The fraction of sp³-hybridized carbons (Fsp3) is 0.154. The quantitative estimate of drug-likeness (QED) is 0.470. The largest absolute Gasteiger partial charge is 0.385 e. The Balaban J connectivity index is 1.98. The van der Waals surface area contributed by atoms with Crippen LogP contribution >= 0.6 is 0 Å². The van der Waals surface area contributed by atoms with Crippen molar-refractivity contribution in [1.82, 2.24) is 9.78 Å². The van der Waals surface area contributed by atoms with Crippen LogP contribution < -0.4 is 0 Å². The summed E-state index contributed by atoms with van der Waals surface area (Å²) < 4.78 is 1.61. The van der Waals surface area contributed by atoms with Gasteiger partial charge >= 0.3 is 5.97 Å². The van der Waals surface area contributed by atoms with E-state index < -0.39 is 5.97 Å². The third-order valence-corrected chi connectivity index (χ3v) is 2.46. The van der Waals surface area contributed by atoms with Crippen molar-refractivity contribution in [1.29, 1.82) is 0 Å². The number of benzene rings is 1. The molecule has 1 aromatic heterocycles. The van der Waals surface area contributed by atoms with E-state index in [-0.39, 0.29) is 5.69 Å². The van der Waals surface area contributed by atoms with E-state index in [2.05, 4.69) is 10.3 Å². The predicted molar refractivity (Wildman–Crippen MR) is 67.4 cm³/mol. The van der Waals surface area contributed by atoms with Gasteiger partial charge in [-0.05, 0) is 18.6 Å². The van der Waals surface area contributed by atoms with Crippen LogP contribution in [0.4, 0.5) is 0 Å². The maximum Gasteiger partial charge on any atom is 0.385 e. The van der Waals surface area contributed by atoms with Crippen molar-refractivity contribution >= 4 is 12.2 Å². The summed E-state index contributed by atoms with van der Waals surface area (Å²) in [6.07, 6.45) is 1.48. The van der Waals surface area contributed by atoms with Gasteiger partial charge in [0.1, 0.15) is 0 Å². The van der Waals surface area contributed by atoms with E-state index in [1.807, 2.05) is 37.3 Å². The van der Waals surface area contributed by atoms with Crippen LogP contribution in [-0.2, 0) is 11.9 Å². The summed E-state index contributed by atoms with van der Waals surface area (Å²) in [5, 5.41) is 7.64. The van der Waals surface area contributed by atoms with Gasteiger partial charge in [-0.15, -0.1) is 0 Å². The first kappa shape index (κ1) is 12.0. The Labute approximate surface area is 105 Å². The molecular formula is C13H13N3O2. The Morgan fingerprint density at radius 3 is 2.72 bits per heavy atom. The van der Waals surface area contributed by atoms with E-state index in [0.29, 0.717) is 0 Å². The van der Waals surface area contributed by atoms with E-state index >= 15 is 0 Å². The van der Waals surface area contributed by atoms with Gasteiger partial charge < -0.3 is 4.84 Å². The second-order valence-electron chi connectivity index (χ2n) is 3.82. The summed E-state index contributed by atoms with van der Waals surface area (Å²) in [4.78, 5) is 16.3. The van der Waals surface area contributed by atoms with Crippen molar-refractivity contribution in [3.63, 3.8) is 0 Å². The second-order valence-corrected chi connectivity index (χ2v) is 3.82. The molecular weight excluding hydrogens is 230 g/mol. The van der Waals surface area contributed by atoms with Crippen molar-refractivity contribution in [2.75, 3.05) is 0 Å². The summed E-state index contributed by atoms with van der Waals surface area (Å²) in [5.74, 6) is -0.564. The highest BCUT2D eigenvalue weighted by Crippen LogP contribution is 2.03. The SMILES string of the molecule is Cc1cc(C(=O)O/N=C\c2ccccc2)nn1C. The van der Waals surface area contributed by atoms with Crippen molar-refractivity contribution < 1.29 is 9.63 Å². The van der Waals surface area contributed by atoms with Gasteiger partial charge in [0.2, 0.25) is 0 Å². The number of carbonyl (C=O) groups excluding carboxylic acids is 1. The zero-order valence-electron chi connectivity index (χ0n) is 10.2. The molecule has 0 saturated heterocycles. The van der Waals surface area contributed by atoms with Gasteiger partial charge in [0, 0.05) is 12.7 Å². The smallest absolute Gasteiger partial charge is 0.311 e. The lowest BCUT2D eigenvalue weighted by Crippen LogP contribution is -2.03. The average molecular weight is 243 g/mol. The maximum absolute atomic E-state index is 11.6. The van der Waals surface area contributed by atoms with E-state index in [1.165, 1.54) is 6.21 Å². The Bertz CT molecular complexity index is 554. The summed E-state index contributed by atoms with van der Waals surface area (Å²) in [7, 11) is 1.76. The molecule has 5 nitrogen and oxygen atoms in total. The molecule has 0 spiro atoms. The molecule has 0 aliphatic heterocycles. The van der Waals surface area contributed by atoms with Crippen LogP contribution in [0.5, 0.6) is 0 Å². The van der Waals surface area contributed by atoms with Gasteiger partial charge in [-0.1, -0.05) is 35.5 Å². The predicted octanol–water partition coefficient (Wildman–Crippen LogP) is 1.92. The first-order valence-electron chi connectivity index (χ1n) is 5.47. The molecule has 0 atom stereocenters. The van der Waals surface area contributed by atoms with Crippen molar-refractivity contribution in [2.45, 2.75) is 6.92 Å². The maximum atomic E-state index is 11.6. The third kappa shape index (κ3) is 2.82. The minimum atomic E-state index is -0.564. The van der Waals surface area contributed by atoms with Crippen molar-refractivity contribution in [3.8, 4) is 0 Å². The number of hydrogen-bond donors (Lipinski definition) is 0. The number of nitrogens with zero attached hydrogens (tertiary/aromatic N) is 3. The highest BCUT2D eigenvalue weighted by atomic mass is 16.7. The molecule has 0 aliphatic carbocycles. The molecule has 1 aromatic carbocycles. The molecule has 92 valence electrons. The number of hydrogen-bond acceptors (Lipinski definition) is 4. The Morgan fingerprint density at radius 1 is 1.39 bits per heavy atom. The van der Waals surface area contributed by atoms with E-state index in [9.17, 15) is 4.79 Å². The normalized spacial score (nSPS) is 10.8. The summed E-state index contributed by atoms with van der Waals surface area (Å²) >= 11 is 0. The second kappa shape index (κ2) is 5.27. The van der Waals surface area contributed by atoms with E-state index in [0.717, 1.165) is 11.3 Å². The lowest BCUT2D eigenvalue weighted by Gasteiger charge is -1.93. The van der Waals surface area contributed by atoms with Gasteiger partial charge in [0.25, 0.3) is 0 Å². The molecule has 0 amide bonds. The summed E-state index contributed by atoms with van der Waals surface area (Å²) in [6, 6.07) is 11.0. The first-order chi connectivity index (χ1) is 8.66. The number of carbonyl (C=O) groups is 1. The Hall–Kier alpha value is -2.43. The minimum Gasteiger partial charge on any atom is -0.311 e. The Morgan fingerprint density at radius 2 is 2.11 bits per heavy atom. The van der Waals surface area contributed by atoms with Crippen LogP contribution in [0.2, 0.25) is 0 Å². The lowest BCUT2D eigenvalue weighted by molar-refractivity contribution is 0.0511. The molecule has 1 heterocycles. The summed E-state index contributed by atoms with van der Waals surface area (Å²) in [6.45, 7) is 1.86. The zero-order chi connectivity index (χ0) is 13.0. The number of aryl methyl sites for hydroxylation is 2. The monoisotopic (exact) mass is 243 g/mol. The first-order valence-corrected chi connectivity index (χ1v) is 5.47. The highest BCUT2D eigenvalue weighted by molar-refractivity contribution is 5.88. The van der Waals surface area contributed by atoms with Gasteiger partial charge in [0.05, 0.1) is 6.21 Å². The number of rotatable bonds is 3. The van der Waals surface area contributed by atoms with Crippen molar-refractivity contribution in [2.24, 2.45) is 12.2 Å². The molecule has 0 saturated carbocycles. The van der Waals surface area contributed by atoms with Crippen molar-refractivity contribution in [3.05, 3.63) is 53.3 Å². The number of aromatic nitrogens is 2. The molecule has 2 aromatic rings. The summed E-state index contributed by atoms with van der Waals surface area (Å²) in [5.41, 5.74) is 2.00. The van der Waals surface area contributed by atoms with Crippen LogP contribution in [-0.4, -0.2) is 22.0 Å². The van der Waals surface area contributed by atoms with Crippen LogP contribution in [0, 0.1) is 6.92 Å². The standard InChI is InChI=1S/C13H13N3O2/c1-10-8-12(15-16(10)2)13(17)18-14-9-11-6-4-3-5-7-11/h3-9H,1-2H3/b14-9-. The molecule has 0 unspecified atom stereocenters. The fourth-order valence-electron chi connectivity index (χ4n) is 1.38. The van der Waals surface area contributed by atoms with Gasteiger partial charge in [0.15, 0.2) is 5.69 Å². The fourth-order valence-corrected chi connectivity index (χ4v) is 1.38. The molecule has 5 heteroatoms. The van der Waals surface area contributed by atoms with Gasteiger partial charge in [-0.25, -0.2) is 4.79 Å². The zero-order valence-corrected chi connectivity index (χ0v) is 10.2. The van der Waals surface area contributed by atoms with Crippen LogP contribution in [0.3, 0.4) is 0 Å². The van der Waals surface area contributed by atoms with Crippen LogP contribution in [0.15, 0.2) is 41.6 Å². The van der Waals surface area contributed by atoms with Gasteiger partial charge in [-0.2, -0.15) is 5.10 Å². The topological polar surface area (TPSA) is 56.5 Å². The third-order valence-electron chi connectivity index (χ3n) is 2.46. The van der Waals surface area contributed by atoms with Gasteiger partial charge in [-0.3, -0.25) is 4.68 Å². The Kier molecular flexibility index (Phi) is 3.52. The molecule has 0 fully saturated rings. The van der Waals surface area contributed by atoms with E-state index in [1.54, 1.807) is 17.8 Å². The molecule has 0 N–H and O–H groups in total. The lowest BCUT2D eigenvalue weighted by atomic mass is 10.2. The average Bonchev–Trinajstić information content (AvgIpc) is 2.71. The molecule has 18 heavy (non-hydrogen) atoms. The van der Waals surface area contributed by atoms with E-state index in [4.69, 9.17) is 4.84 Å². The number of oxime groups is 1. The minimum absolute atomic E-state index is 0.250. The van der Waals surface area contributed by atoms with Crippen LogP contribution in [0.25, 0.3) is 0 Å². The molecule has 0 aliphatic rings. The highest BCUT2D eigenvalue weighted by Gasteiger charge is 2.12. The molecule has 2 rings (SSSR count). The van der Waals surface area contributed by atoms with Crippen LogP contribution in [0.1, 0.15) is 21.7 Å². The molecule has 0 bridgehead atoms.